The number of hydrogen-bond donors (Lipinski definition) is 0. The van der Waals surface area contributed by atoms with Crippen molar-refractivity contribution in [2.75, 3.05) is 37.7 Å². The smallest absolute Gasteiger partial charge is 0.308 e. The molecule has 0 N–H and O–H groups in total. The number of likely N-dealkylation sites (tertiary alicyclic amines) is 1. The van der Waals surface area contributed by atoms with Gasteiger partial charge >= 0.3 is 5.97 Å². The van der Waals surface area contributed by atoms with E-state index in [1.807, 2.05) is 19.9 Å². The number of anilines is 1. The normalized spacial score (nSPS) is 25.0. The summed E-state index contributed by atoms with van der Waals surface area (Å²) in [5.74, 6) is 0.137. The van der Waals surface area contributed by atoms with Gasteiger partial charge < -0.3 is 14.5 Å². The van der Waals surface area contributed by atoms with Crippen LogP contribution in [0.5, 0.6) is 0 Å². The van der Waals surface area contributed by atoms with Crippen molar-refractivity contribution in [2.45, 2.75) is 76.7 Å². The lowest BCUT2D eigenvalue weighted by Gasteiger charge is -2.44. The predicted octanol–water partition coefficient (Wildman–Crippen LogP) is 4.47. The van der Waals surface area contributed by atoms with Gasteiger partial charge in [-0.25, -0.2) is 4.39 Å². The van der Waals surface area contributed by atoms with Crippen LogP contribution in [0.4, 0.5) is 10.1 Å². The van der Waals surface area contributed by atoms with E-state index in [1.54, 1.807) is 12.1 Å². The molecule has 1 saturated heterocycles. The molecular formula is C26H37FN2O3. The van der Waals surface area contributed by atoms with Gasteiger partial charge in [0.2, 0.25) is 0 Å². The second kappa shape index (κ2) is 9.90. The molecule has 2 aliphatic heterocycles. The summed E-state index contributed by atoms with van der Waals surface area (Å²) < 4.78 is 19.4. The third-order valence-corrected chi connectivity index (χ3v) is 8.01. The van der Waals surface area contributed by atoms with E-state index in [0.717, 1.165) is 69.4 Å². The maximum atomic E-state index is 14.2. The van der Waals surface area contributed by atoms with Crippen LogP contribution in [0.15, 0.2) is 18.2 Å². The molecule has 0 atom stereocenters. The number of Topliss-reactive ketones (excluding diaryl/α,β-unsaturated/α-hetero) is 1. The number of ether oxygens (including phenoxy) is 1. The molecular weight excluding hydrogens is 407 g/mol. The minimum atomic E-state index is -0.172. The number of carbonyl (C=O) groups is 2. The Morgan fingerprint density at radius 2 is 1.84 bits per heavy atom. The van der Waals surface area contributed by atoms with Crippen LogP contribution in [0, 0.1) is 11.7 Å². The molecule has 0 bridgehead atoms. The lowest BCUT2D eigenvalue weighted by molar-refractivity contribution is -0.149. The fourth-order valence-corrected chi connectivity index (χ4v) is 6.06. The van der Waals surface area contributed by atoms with Gasteiger partial charge in [0.1, 0.15) is 11.6 Å². The van der Waals surface area contributed by atoms with Crippen LogP contribution in [0.1, 0.15) is 70.8 Å². The minimum Gasteiger partial charge on any atom is -0.466 e. The molecule has 1 aliphatic carbocycles. The zero-order chi connectivity index (χ0) is 22.7. The Bertz CT molecular complexity index is 826. The molecule has 1 aromatic rings. The first-order valence-corrected chi connectivity index (χ1v) is 12.4. The van der Waals surface area contributed by atoms with Gasteiger partial charge in [-0.15, -0.1) is 0 Å². The molecule has 1 saturated carbocycles. The molecule has 3 aliphatic rings. The van der Waals surface area contributed by atoms with Crippen LogP contribution >= 0.6 is 0 Å². The SMILES string of the molecule is CCOC(=O)C1CCC(N2CCC3(CC2)CN(CCC(=O)CC)c2ccc(F)cc23)CC1. The van der Waals surface area contributed by atoms with E-state index in [9.17, 15) is 14.0 Å². The van der Waals surface area contributed by atoms with E-state index in [1.165, 1.54) is 0 Å². The molecule has 176 valence electrons. The van der Waals surface area contributed by atoms with Gasteiger partial charge in [-0.3, -0.25) is 9.59 Å². The Morgan fingerprint density at radius 1 is 1.12 bits per heavy atom. The Morgan fingerprint density at radius 3 is 2.50 bits per heavy atom. The number of carbonyl (C=O) groups excluding carboxylic acids is 2. The molecule has 2 fully saturated rings. The van der Waals surface area contributed by atoms with Crippen LogP contribution < -0.4 is 4.90 Å². The summed E-state index contributed by atoms with van der Waals surface area (Å²) in [5, 5.41) is 0. The summed E-state index contributed by atoms with van der Waals surface area (Å²) in [6, 6.07) is 5.71. The number of halogens is 1. The maximum Gasteiger partial charge on any atom is 0.308 e. The molecule has 1 spiro atoms. The number of ketones is 1. The molecule has 0 radical (unpaired) electrons. The van der Waals surface area contributed by atoms with Gasteiger partial charge in [0.15, 0.2) is 0 Å². The monoisotopic (exact) mass is 444 g/mol. The Balaban J connectivity index is 1.39. The van der Waals surface area contributed by atoms with Crippen molar-refractivity contribution in [1.82, 2.24) is 4.90 Å². The van der Waals surface area contributed by atoms with Crippen molar-refractivity contribution >= 4 is 17.4 Å². The molecule has 0 aromatic heterocycles. The summed E-state index contributed by atoms with van der Waals surface area (Å²) in [7, 11) is 0. The van der Waals surface area contributed by atoms with Crippen molar-refractivity contribution in [1.29, 1.82) is 0 Å². The van der Waals surface area contributed by atoms with E-state index in [0.29, 0.717) is 32.0 Å². The fraction of sp³-hybridized carbons (Fsp3) is 0.692. The number of esters is 1. The lowest BCUT2D eigenvalue weighted by Crippen LogP contribution is -2.49. The zero-order valence-corrected chi connectivity index (χ0v) is 19.6. The van der Waals surface area contributed by atoms with Gasteiger partial charge in [0.05, 0.1) is 12.5 Å². The Hall–Kier alpha value is -1.95. The second-order valence-corrected chi connectivity index (χ2v) is 9.80. The highest BCUT2D eigenvalue weighted by atomic mass is 19.1. The summed E-state index contributed by atoms with van der Waals surface area (Å²) >= 11 is 0. The highest BCUT2D eigenvalue weighted by molar-refractivity contribution is 5.79. The molecule has 2 heterocycles. The highest BCUT2D eigenvalue weighted by Crippen LogP contribution is 2.48. The summed E-state index contributed by atoms with van der Waals surface area (Å²) in [4.78, 5) is 28.8. The van der Waals surface area contributed by atoms with Gasteiger partial charge in [0.25, 0.3) is 0 Å². The summed E-state index contributed by atoms with van der Waals surface area (Å²) in [5.41, 5.74) is 2.22. The maximum absolute atomic E-state index is 14.2. The highest BCUT2D eigenvalue weighted by Gasteiger charge is 2.45. The Kier molecular flexibility index (Phi) is 7.18. The Labute approximate surface area is 191 Å². The number of benzene rings is 1. The largest absolute Gasteiger partial charge is 0.466 e. The van der Waals surface area contributed by atoms with Crippen LogP contribution in [0.3, 0.4) is 0 Å². The zero-order valence-electron chi connectivity index (χ0n) is 19.6. The van der Waals surface area contributed by atoms with E-state index < -0.39 is 0 Å². The lowest BCUT2D eigenvalue weighted by atomic mass is 9.73. The van der Waals surface area contributed by atoms with Gasteiger partial charge in [-0.2, -0.15) is 0 Å². The van der Waals surface area contributed by atoms with Crippen LogP contribution in [0.25, 0.3) is 0 Å². The van der Waals surface area contributed by atoms with Crippen molar-refractivity contribution in [3.8, 4) is 0 Å². The molecule has 0 unspecified atom stereocenters. The van der Waals surface area contributed by atoms with E-state index >= 15 is 0 Å². The van der Waals surface area contributed by atoms with Crippen molar-refractivity contribution < 1.29 is 18.7 Å². The van der Waals surface area contributed by atoms with E-state index in [-0.39, 0.29) is 28.9 Å². The van der Waals surface area contributed by atoms with E-state index in [2.05, 4.69) is 9.80 Å². The van der Waals surface area contributed by atoms with Crippen LogP contribution in [-0.2, 0) is 19.7 Å². The number of piperidine rings is 1. The quantitative estimate of drug-likeness (QED) is 0.581. The number of hydrogen-bond acceptors (Lipinski definition) is 5. The first kappa shape index (κ1) is 23.2. The minimum absolute atomic E-state index is 0.0225. The van der Waals surface area contributed by atoms with Crippen molar-refractivity contribution in [2.24, 2.45) is 5.92 Å². The standard InChI is InChI=1S/C26H37FN2O3/c1-3-22(30)11-14-29-18-26(23-17-20(27)7-10-24(23)29)12-15-28(16-13-26)21-8-5-19(6-9-21)25(31)32-4-2/h7,10,17,19,21H,3-6,8-9,11-16,18H2,1-2H3. The molecule has 4 rings (SSSR count). The molecule has 5 nitrogen and oxygen atoms in total. The molecule has 1 aromatic carbocycles. The van der Waals surface area contributed by atoms with Gasteiger partial charge in [0, 0.05) is 43.1 Å². The van der Waals surface area contributed by atoms with E-state index in [4.69, 9.17) is 4.74 Å². The second-order valence-electron chi connectivity index (χ2n) is 9.80. The number of fused-ring (bicyclic) bond motifs is 2. The molecule has 32 heavy (non-hydrogen) atoms. The predicted molar refractivity (Wildman–Crippen MR) is 123 cm³/mol. The molecule has 6 heteroatoms. The van der Waals surface area contributed by atoms with Crippen molar-refractivity contribution in [3.05, 3.63) is 29.6 Å². The van der Waals surface area contributed by atoms with Gasteiger partial charge in [-0.05, 0) is 82.3 Å². The average molecular weight is 445 g/mol. The summed E-state index contributed by atoms with van der Waals surface area (Å²) in [6.45, 7) is 7.84. The topological polar surface area (TPSA) is 49.9 Å². The third-order valence-electron chi connectivity index (χ3n) is 8.01. The first-order chi connectivity index (χ1) is 15.5. The fourth-order valence-electron chi connectivity index (χ4n) is 6.06. The van der Waals surface area contributed by atoms with Gasteiger partial charge in [-0.1, -0.05) is 6.92 Å². The molecule has 0 amide bonds. The summed E-state index contributed by atoms with van der Waals surface area (Å²) in [6.07, 6.45) is 7.08. The number of rotatable bonds is 7. The number of nitrogens with zero attached hydrogens (tertiary/aromatic N) is 2. The average Bonchev–Trinajstić information content (AvgIpc) is 3.10. The van der Waals surface area contributed by atoms with Crippen LogP contribution in [-0.4, -0.2) is 55.5 Å². The van der Waals surface area contributed by atoms with Crippen molar-refractivity contribution in [3.63, 3.8) is 0 Å². The first-order valence-electron chi connectivity index (χ1n) is 12.4. The van der Waals surface area contributed by atoms with Crippen LogP contribution in [0.2, 0.25) is 0 Å². The third kappa shape index (κ3) is 4.70.